The first-order valence-electron chi connectivity index (χ1n) is 7.56. The van der Waals surface area contributed by atoms with E-state index in [9.17, 15) is 14.7 Å². The van der Waals surface area contributed by atoms with Crippen molar-refractivity contribution < 1.29 is 14.7 Å². The molecule has 0 aromatic rings. The number of urea groups is 1. The summed E-state index contributed by atoms with van der Waals surface area (Å²) in [7, 11) is 2.08. The molecule has 0 aromatic heterocycles. The van der Waals surface area contributed by atoms with Crippen molar-refractivity contribution >= 4 is 12.0 Å². The molecule has 3 unspecified atom stereocenters. The number of rotatable bonds is 1. The number of carboxylic acid groups (broad SMARTS) is 1. The molecule has 0 aliphatic carbocycles. The summed E-state index contributed by atoms with van der Waals surface area (Å²) in [4.78, 5) is 30.0. The molecule has 6 heteroatoms. The fourth-order valence-electron chi connectivity index (χ4n) is 3.95. The first-order valence-corrected chi connectivity index (χ1v) is 7.56. The Morgan fingerprint density at radius 2 is 1.90 bits per heavy atom. The minimum absolute atomic E-state index is 0.0663. The van der Waals surface area contributed by atoms with Gasteiger partial charge in [0.15, 0.2) is 0 Å². The van der Waals surface area contributed by atoms with Gasteiger partial charge in [-0.2, -0.15) is 0 Å². The van der Waals surface area contributed by atoms with Crippen LogP contribution in [0, 0.1) is 5.92 Å². The number of carboxylic acids is 1. The van der Waals surface area contributed by atoms with Gasteiger partial charge in [-0.25, -0.2) is 4.79 Å². The predicted octanol–water partition coefficient (Wildman–Crippen LogP) is 0.681. The van der Waals surface area contributed by atoms with E-state index in [4.69, 9.17) is 0 Å². The summed E-state index contributed by atoms with van der Waals surface area (Å²) in [6.07, 6.45) is 3.45. The minimum atomic E-state index is -0.745. The van der Waals surface area contributed by atoms with E-state index >= 15 is 0 Å². The zero-order valence-corrected chi connectivity index (χ0v) is 12.0. The van der Waals surface area contributed by atoms with E-state index in [0.29, 0.717) is 6.42 Å². The molecular weight excluding hydrogens is 258 g/mol. The molecule has 3 rings (SSSR count). The van der Waals surface area contributed by atoms with Crippen LogP contribution < -0.4 is 0 Å². The first kappa shape index (κ1) is 13.7. The standard InChI is InChI=1S/C14H23N3O3/c1-15-5-2-6-16(8-7-15)14(20)17-10-3-4-12(17)11(9-10)13(18)19/h10-12H,2-9H2,1H3,(H,18,19). The number of likely N-dealkylation sites (N-methyl/N-ethyl adjacent to an activating group) is 1. The number of hydrogen-bond acceptors (Lipinski definition) is 3. The maximum Gasteiger partial charge on any atom is 0.320 e. The molecule has 3 aliphatic heterocycles. The van der Waals surface area contributed by atoms with Gasteiger partial charge in [-0.15, -0.1) is 0 Å². The Kier molecular flexibility index (Phi) is 3.58. The van der Waals surface area contributed by atoms with Crippen LogP contribution >= 0.6 is 0 Å². The lowest BCUT2D eigenvalue weighted by Crippen LogP contribution is -2.47. The predicted molar refractivity (Wildman–Crippen MR) is 73.5 cm³/mol. The second-order valence-electron chi connectivity index (χ2n) is 6.31. The molecule has 1 N–H and O–H groups in total. The van der Waals surface area contributed by atoms with Crippen molar-refractivity contribution in [2.45, 2.75) is 37.8 Å². The summed E-state index contributed by atoms with van der Waals surface area (Å²) in [6, 6.07) is 0.136. The van der Waals surface area contributed by atoms with E-state index in [1.807, 2.05) is 9.80 Å². The lowest BCUT2D eigenvalue weighted by atomic mass is 9.89. The van der Waals surface area contributed by atoms with Gasteiger partial charge in [0.2, 0.25) is 0 Å². The molecular formula is C14H23N3O3. The van der Waals surface area contributed by atoms with Gasteiger partial charge in [0.25, 0.3) is 0 Å². The van der Waals surface area contributed by atoms with Crippen molar-refractivity contribution in [3.63, 3.8) is 0 Å². The van der Waals surface area contributed by atoms with E-state index in [0.717, 1.165) is 45.4 Å². The zero-order valence-electron chi connectivity index (χ0n) is 12.0. The monoisotopic (exact) mass is 281 g/mol. The van der Waals surface area contributed by atoms with Gasteiger partial charge in [0.1, 0.15) is 0 Å². The smallest absolute Gasteiger partial charge is 0.320 e. The van der Waals surface area contributed by atoms with Crippen LogP contribution in [0.15, 0.2) is 0 Å². The third-order valence-corrected chi connectivity index (χ3v) is 5.06. The molecule has 20 heavy (non-hydrogen) atoms. The molecule has 112 valence electrons. The Morgan fingerprint density at radius 1 is 1.10 bits per heavy atom. The van der Waals surface area contributed by atoms with Crippen molar-refractivity contribution in [2.75, 3.05) is 33.2 Å². The molecule has 0 radical (unpaired) electrons. The van der Waals surface area contributed by atoms with Crippen molar-refractivity contribution in [3.05, 3.63) is 0 Å². The van der Waals surface area contributed by atoms with Gasteiger partial charge in [-0.05, 0) is 39.3 Å². The van der Waals surface area contributed by atoms with Gasteiger partial charge in [0.05, 0.1) is 5.92 Å². The van der Waals surface area contributed by atoms with Crippen LogP contribution in [0.1, 0.15) is 25.7 Å². The Morgan fingerprint density at radius 3 is 2.60 bits per heavy atom. The lowest BCUT2D eigenvalue weighted by Gasteiger charge is -2.30. The highest BCUT2D eigenvalue weighted by atomic mass is 16.4. The third kappa shape index (κ3) is 2.26. The minimum Gasteiger partial charge on any atom is -0.481 e. The second kappa shape index (κ2) is 5.24. The van der Waals surface area contributed by atoms with Crippen LogP contribution in [-0.4, -0.2) is 77.1 Å². The molecule has 3 atom stereocenters. The Labute approximate surface area is 119 Å². The molecule has 6 nitrogen and oxygen atoms in total. The topological polar surface area (TPSA) is 64.1 Å². The molecule has 3 heterocycles. The summed E-state index contributed by atoms with van der Waals surface area (Å²) in [5.41, 5.74) is 0. The maximum absolute atomic E-state index is 12.7. The molecule has 3 fully saturated rings. The number of amides is 2. The molecule has 2 bridgehead atoms. The van der Waals surface area contributed by atoms with Crippen LogP contribution in [0.4, 0.5) is 4.79 Å². The fraction of sp³-hybridized carbons (Fsp3) is 0.857. The van der Waals surface area contributed by atoms with Crippen molar-refractivity contribution in [3.8, 4) is 0 Å². The number of nitrogens with zero attached hydrogens (tertiary/aromatic N) is 3. The highest BCUT2D eigenvalue weighted by Crippen LogP contribution is 2.42. The summed E-state index contributed by atoms with van der Waals surface area (Å²) >= 11 is 0. The van der Waals surface area contributed by atoms with Crippen LogP contribution in [0.25, 0.3) is 0 Å². The lowest BCUT2D eigenvalue weighted by molar-refractivity contribution is -0.142. The Bertz CT molecular complexity index is 414. The van der Waals surface area contributed by atoms with E-state index in [-0.39, 0.29) is 24.0 Å². The highest BCUT2D eigenvalue weighted by molar-refractivity contribution is 5.79. The van der Waals surface area contributed by atoms with Gasteiger partial charge in [-0.3, -0.25) is 4.79 Å². The fourth-order valence-corrected chi connectivity index (χ4v) is 3.95. The second-order valence-corrected chi connectivity index (χ2v) is 6.31. The van der Waals surface area contributed by atoms with Gasteiger partial charge >= 0.3 is 12.0 Å². The number of carbonyl (C=O) groups is 2. The third-order valence-electron chi connectivity index (χ3n) is 5.06. The Balaban J connectivity index is 1.70. The average Bonchev–Trinajstić information content (AvgIpc) is 2.91. The van der Waals surface area contributed by atoms with Crippen molar-refractivity contribution in [2.24, 2.45) is 5.92 Å². The summed E-state index contributed by atoms with van der Waals surface area (Å²) in [6.45, 7) is 3.46. The molecule has 2 amide bonds. The zero-order chi connectivity index (χ0) is 14.3. The van der Waals surface area contributed by atoms with Crippen LogP contribution in [0.3, 0.4) is 0 Å². The number of hydrogen-bond donors (Lipinski definition) is 1. The molecule has 0 spiro atoms. The first-order chi connectivity index (χ1) is 9.58. The van der Waals surface area contributed by atoms with E-state index < -0.39 is 5.97 Å². The van der Waals surface area contributed by atoms with E-state index in [1.54, 1.807) is 0 Å². The summed E-state index contributed by atoms with van der Waals surface area (Å²) < 4.78 is 0. The van der Waals surface area contributed by atoms with Crippen LogP contribution in [0.5, 0.6) is 0 Å². The van der Waals surface area contributed by atoms with Crippen LogP contribution in [0.2, 0.25) is 0 Å². The highest BCUT2D eigenvalue weighted by Gasteiger charge is 2.52. The van der Waals surface area contributed by atoms with Crippen molar-refractivity contribution in [1.82, 2.24) is 14.7 Å². The number of fused-ring (bicyclic) bond motifs is 2. The van der Waals surface area contributed by atoms with Gasteiger partial charge < -0.3 is 19.8 Å². The normalized spacial score (nSPS) is 34.4. The summed E-state index contributed by atoms with van der Waals surface area (Å²) in [5.74, 6) is -1.10. The average molecular weight is 281 g/mol. The quantitative estimate of drug-likeness (QED) is 0.768. The van der Waals surface area contributed by atoms with Gasteiger partial charge in [-0.1, -0.05) is 0 Å². The SMILES string of the molecule is CN1CCCN(C(=O)N2C3CCC2C(C(=O)O)C3)CC1. The molecule has 0 aromatic carbocycles. The largest absolute Gasteiger partial charge is 0.481 e. The van der Waals surface area contributed by atoms with Crippen molar-refractivity contribution in [1.29, 1.82) is 0 Å². The summed E-state index contributed by atoms with van der Waals surface area (Å²) in [5, 5.41) is 9.27. The number of carbonyl (C=O) groups excluding carboxylic acids is 1. The van der Waals surface area contributed by atoms with E-state index in [2.05, 4.69) is 11.9 Å². The van der Waals surface area contributed by atoms with E-state index in [1.165, 1.54) is 0 Å². The van der Waals surface area contributed by atoms with Crippen LogP contribution in [-0.2, 0) is 4.79 Å². The molecule has 0 saturated carbocycles. The molecule has 3 aliphatic rings. The van der Waals surface area contributed by atoms with Gasteiger partial charge in [0, 0.05) is 31.7 Å². The number of aliphatic carboxylic acids is 1. The Hall–Kier alpha value is -1.30. The molecule has 3 saturated heterocycles. The maximum atomic E-state index is 12.7.